The number of halogens is 2. The lowest BCUT2D eigenvalue weighted by Gasteiger charge is -2.36. The van der Waals surface area contributed by atoms with Crippen LogP contribution >= 0.6 is 36.6 Å². The third kappa shape index (κ3) is 5.63. The Kier molecular flexibility index (Phi) is 8.77. The average molecular weight is 454 g/mol. The Morgan fingerprint density at radius 1 is 1.28 bits per heavy atom. The van der Waals surface area contributed by atoms with Crippen molar-refractivity contribution in [3.05, 3.63) is 65.9 Å². The minimum atomic E-state index is 0. The van der Waals surface area contributed by atoms with Gasteiger partial charge in [0.15, 0.2) is 0 Å². The largest absolute Gasteiger partial charge is 0.332 e. The van der Waals surface area contributed by atoms with Gasteiger partial charge in [0.25, 0.3) is 0 Å². The van der Waals surface area contributed by atoms with Crippen molar-refractivity contribution in [2.75, 3.05) is 25.4 Å². The minimum absolute atomic E-state index is 0. The van der Waals surface area contributed by atoms with Crippen molar-refractivity contribution in [1.82, 2.24) is 24.6 Å². The molecule has 0 aliphatic carbocycles. The molecule has 0 bridgehead atoms. The molecule has 156 valence electrons. The number of carbonyl (C=O) groups is 1. The number of fused-ring (bicyclic) bond motifs is 1. The van der Waals surface area contributed by atoms with Crippen LogP contribution in [0.2, 0.25) is 0 Å². The molecular formula is C20H25Cl2N5OS. The standard InChI is InChI=1S/C20H23N5OS.2ClH/c1-15-4-5-19-23-17(12-24(19)11-15)13-27-14-20(26)25-8-7-22-10-18(25)16-3-2-6-21-9-16;;/h2-6,9,11-12,18,22H,7-8,10,13-14H2,1H3;2*1H. The predicted molar refractivity (Wildman–Crippen MR) is 122 cm³/mol. The summed E-state index contributed by atoms with van der Waals surface area (Å²) >= 11 is 1.62. The number of hydrogen-bond acceptors (Lipinski definition) is 5. The Balaban J connectivity index is 0.00000150. The lowest BCUT2D eigenvalue weighted by molar-refractivity contribution is -0.131. The van der Waals surface area contributed by atoms with Crippen LogP contribution in [0.1, 0.15) is 22.9 Å². The SMILES string of the molecule is Cc1ccc2nc(CSCC(=O)N3CCNCC3c3cccnc3)cn2c1.Cl.Cl. The molecule has 1 amide bonds. The number of hydrogen-bond donors (Lipinski definition) is 1. The number of thioether (sulfide) groups is 1. The van der Waals surface area contributed by atoms with Crippen LogP contribution in [-0.4, -0.2) is 50.6 Å². The highest BCUT2D eigenvalue weighted by atomic mass is 35.5. The van der Waals surface area contributed by atoms with Gasteiger partial charge in [-0.25, -0.2) is 4.98 Å². The third-order valence-corrected chi connectivity index (χ3v) is 5.71. The highest BCUT2D eigenvalue weighted by molar-refractivity contribution is 7.99. The lowest BCUT2D eigenvalue weighted by atomic mass is 10.1. The van der Waals surface area contributed by atoms with E-state index in [9.17, 15) is 4.79 Å². The number of imidazole rings is 1. The molecule has 1 aliphatic rings. The molecule has 1 aliphatic heterocycles. The molecule has 1 fully saturated rings. The molecule has 1 unspecified atom stereocenters. The Hall–Kier alpha value is -1.80. The monoisotopic (exact) mass is 453 g/mol. The van der Waals surface area contributed by atoms with Crippen molar-refractivity contribution in [3.8, 4) is 0 Å². The Bertz CT molecular complexity index is 937. The number of piperazine rings is 1. The van der Waals surface area contributed by atoms with Gasteiger partial charge < -0.3 is 14.6 Å². The number of carbonyl (C=O) groups excluding carboxylic acids is 1. The fourth-order valence-electron chi connectivity index (χ4n) is 3.42. The number of aryl methyl sites for hydroxylation is 1. The van der Waals surface area contributed by atoms with Gasteiger partial charge >= 0.3 is 0 Å². The molecule has 0 saturated carbocycles. The Morgan fingerprint density at radius 3 is 2.93 bits per heavy atom. The summed E-state index contributed by atoms with van der Waals surface area (Å²) in [4.78, 5) is 23.6. The molecule has 0 aromatic carbocycles. The van der Waals surface area contributed by atoms with Gasteiger partial charge in [-0.15, -0.1) is 36.6 Å². The number of rotatable bonds is 5. The first-order valence-electron chi connectivity index (χ1n) is 9.13. The normalized spacial score (nSPS) is 16.2. The summed E-state index contributed by atoms with van der Waals surface area (Å²) < 4.78 is 2.04. The summed E-state index contributed by atoms with van der Waals surface area (Å²) in [5.41, 5.74) is 4.23. The maximum absolute atomic E-state index is 12.8. The van der Waals surface area contributed by atoms with Crippen molar-refractivity contribution in [1.29, 1.82) is 0 Å². The molecule has 3 aromatic heterocycles. The van der Waals surface area contributed by atoms with Crippen LogP contribution in [0.15, 0.2) is 49.1 Å². The highest BCUT2D eigenvalue weighted by Crippen LogP contribution is 2.23. The van der Waals surface area contributed by atoms with Crippen molar-refractivity contribution < 1.29 is 4.79 Å². The second-order valence-electron chi connectivity index (χ2n) is 6.79. The van der Waals surface area contributed by atoms with Gasteiger partial charge in [0.2, 0.25) is 5.91 Å². The first kappa shape index (κ1) is 23.5. The zero-order valence-corrected chi connectivity index (χ0v) is 18.6. The van der Waals surface area contributed by atoms with E-state index >= 15 is 0 Å². The maximum atomic E-state index is 12.8. The number of nitrogens with zero attached hydrogens (tertiary/aromatic N) is 4. The van der Waals surface area contributed by atoms with Gasteiger partial charge in [0.05, 0.1) is 17.5 Å². The molecule has 1 saturated heterocycles. The quantitative estimate of drug-likeness (QED) is 0.641. The maximum Gasteiger partial charge on any atom is 0.233 e. The Labute approximate surface area is 187 Å². The van der Waals surface area contributed by atoms with E-state index in [-0.39, 0.29) is 36.8 Å². The van der Waals surface area contributed by atoms with Gasteiger partial charge in [0.1, 0.15) is 5.65 Å². The second kappa shape index (κ2) is 10.8. The minimum Gasteiger partial charge on any atom is -0.332 e. The van der Waals surface area contributed by atoms with Crippen LogP contribution < -0.4 is 5.32 Å². The van der Waals surface area contributed by atoms with Crippen LogP contribution in [0.4, 0.5) is 0 Å². The molecule has 29 heavy (non-hydrogen) atoms. The molecule has 4 heterocycles. The molecule has 9 heteroatoms. The van der Waals surface area contributed by atoms with Gasteiger partial charge in [-0.2, -0.15) is 0 Å². The summed E-state index contributed by atoms with van der Waals surface area (Å²) in [5, 5.41) is 3.38. The van der Waals surface area contributed by atoms with Crippen molar-refractivity contribution >= 4 is 48.1 Å². The number of nitrogens with one attached hydrogen (secondary N) is 1. The Morgan fingerprint density at radius 2 is 2.14 bits per heavy atom. The predicted octanol–water partition coefficient (Wildman–Crippen LogP) is 3.29. The third-order valence-electron chi connectivity index (χ3n) is 4.76. The van der Waals surface area contributed by atoms with Crippen LogP contribution in [0.5, 0.6) is 0 Å². The van der Waals surface area contributed by atoms with Crippen LogP contribution in [0.3, 0.4) is 0 Å². The summed E-state index contributed by atoms with van der Waals surface area (Å²) in [5.74, 6) is 1.37. The zero-order chi connectivity index (χ0) is 18.6. The highest BCUT2D eigenvalue weighted by Gasteiger charge is 2.27. The van der Waals surface area contributed by atoms with Gasteiger partial charge in [-0.3, -0.25) is 9.78 Å². The van der Waals surface area contributed by atoms with E-state index in [2.05, 4.69) is 34.5 Å². The molecule has 3 aromatic rings. The van der Waals surface area contributed by atoms with E-state index in [1.54, 1.807) is 18.0 Å². The van der Waals surface area contributed by atoms with Gasteiger partial charge in [-0.05, 0) is 30.2 Å². The molecule has 0 spiro atoms. The molecule has 0 radical (unpaired) electrons. The van der Waals surface area contributed by atoms with Crippen molar-refractivity contribution in [3.63, 3.8) is 0 Å². The first-order chi connectivity index (χ1) is 13.2. The average Bonchev–Trinajstić information content (AvgIpc) is 3.10. The molecule has 1 atom stereocenters. The lowest BCUT2D eigenvalue weighted by Crippen LogP contribution is -2.49. The summed E-state index contributed by atoms with van der Waals surface area (Å²) in [6.07, 6.45) is 7.73. The fraction of sp³-hybridized carbons (Fsp3) is 0.350. The zero-order valence-electron chi connectivity index (χ0n) is 16.2. The number of pyridine rings is 2. The second-order valence-corrected chi connectivity index (χ2v) is 7.78. The summed E-state index contributed by atoms with van der Waals surface area (Å²) in [7, 11) is 0. The summed E-state index contributed by atoms with van der Waals surface area (Å²) in [6, 6.07) is 8.10. The van der Waals surface area contributed by atoms with E-state index in [4.69, 9.17) is 0 Å². The van der Waals surface area contributed by atoms with E-state index in [1.807, 2.05) is 39.9 Å². The van der Waals surface area contributed by atoms with E-state index < -0.39 is 0 Å². The van der Waals surface area contributed by atoms with Gasteiger partial charge in [-0.1, -0.05) is 12.1 Å². The first-order valence-corrected chi connectivity index (χ1v) is 10.3. The van der Waals surface area contributed by atoms with Crippen LogP contribution in [0, 0.1) is 6.92 Å². The number of aromatic nitrogens is 3. The fourth-order valence-corrected chi connectivity index (χ4v) is 4.22. The molecule has 1 N–H and O–H groups in total. The summed E-state index contributed by atoms with van der Waals surface area (Å²) in [6.45, 7) is 4.40. The van der Waals surface area contributed by atoms with Crippen LogP contribution in [-0.2, 0) is 10.5 Å². The topological polar surface area (TPSA) is 62.5 Å². The van der Waals surface area contributed by atoms with E-state index in [1.165, 1.54) is 5.56 Å². The van der Waals surface area contributed by atoms with Crippen LogP contribution in [0.25, 0.3) is 5.65 Å². The van der Waals surface area contributed by atoms with E-state index in [0.717, 1.165) is 42.3 Å². The van der Waals surface area contributed by atoms with Crippen molar-refractivity contribution in [2.24, 2.45) is 0 Å². The molecule has 4 rings (SSSR count). The van der Waals surface area contributed by atoms with Gasteiger partial charge in [0, 0.05) is 50.2 Å². The molecule has 6 nitrogen and oxygen atoms in total. The molecular weight excluding hydrogens is 429 g/mol. The van der Waals surface area contributed by atoms with Crippen molar-refractivity contribution in [2.45, 2.75) is 18.7 Å². The smallest absolute Gasteiger partial charge is 0.233 e. The number of amides is 1. The van der Waals surface area contributed by atoms with E-state index in [0.29, 0.717) is 5.75 Å².